The van der Waals surface area contributed by atoms with Crippen LogP contribution in [0.25, 0.3) is 0 Å². The standard InChI is InChI=1S/C26H30ClN7O2.3C2HF3O2/c1-33(15-17-6-8-34(9-7-17)26(35)36)16-20-4-5-21-11-19(20)3-2-18-10-22(13-28-12-18)31-25-29-14-23(27)24(30-21)32-25;3*3-2(4,5)1(6)7/h4-5,10-14,17H,2-3,6-9,15-16H2,1H3,(H,35,36)(H2,29,30,31,32);3*(H,6,7). The van der Waals surface area contributed by atoms with Gasteiger partial charge >= 0.3 is 42.5 Å². The SMILES string of the molecule is CN(Cc1ccc2cc1CCc1cncc(c1)Nc1ncc(Cl)c(n1)N2)CC1CCN(C(=O)O)CC1.O=C(O)C(F)(F)F.O=C(O)C(F)(F)F.O=C(O)C(F)(F)F. The van der Waals surface area contributed by atoms with Crippen LogP contribution in [0, 0.1) is 5.92 Å². The zero-order chi connectivity index (χ0) is 43.3. The van der Waals surface area contributed by atoms with E-state index in [1.165, 1.54) is 16.0 Å². The number of pyridine rings is 1. The molecule has 0 spiro atoms. The lowest BCUT2D eigenvalue weighted by molar-refractivity contribution is -0.193. The lowest BCUT2D eigenvalue weighted by Gasteiger charge is -2.32. The summed E-state index contributed by atoms with van der Waals surface area (Å²) in [6.07, 6.45) is -7.27. The molecule has 6 bridgehead atoms. The minimum Gasteiger partial charge on any atom is -0.475 e. The second kappa shape index (κ2) is 20.5. The Labute approximate surface area is 321 Å². The molecule has 0 atom stereocenters. The number of aryl methyl sites for hydroxylation is 2. The third-order valence-electron chi connectivity index (χ3n) is 7.57. The van der Waals surface area contributed by atoms with Crippen LogP contribution in [0.1, 0.15) is 29.5 Å². The molecule has 25 heteroatoms. The number of carboxylic acids is 3. The summed E-state index contributed by atoms with van der Waals surface area (Å²) in [7, 11) is 2.14. The van der Waals surface area contributed by atoms with Gasteiger partial charge in [-0.15, -0.1) is 0 Å². The van der Waals surface area contributed by atoms with E-state index in [1.807, 2.05) is 6.20 Å². The summed E-state index contributed by atoms with van der Waals surface area (Å²) in [4.78, 5) is 55.0. The molecule has 5 rings (SSSR count). The second-order valence-corrected chi connectivity index (χ2v) is 12.4. The molecular weight excluding hydrogens is 817 g/mol. The Morgan fingerprint density at radius 2 is 1.35 bits per heavy atom. The summed E-state index contributed by atoms with van der Waals surface area (Å²) < 4.78 is 95.2. The van der Waals surface area contributed by atoms with Crippen LogP contribution in [0.4, 0.5) is 67.4 Å². The molecule has 0 unspecified atom stereocenters. The average Bonchev–Trinajstić information content (AvgIpc) is 3.10. The molecule has 2 aliphatic heterocycles. The van der Waals surface area contributed by atoms with E-state index >= 15 is 0 Å². The first-order chi connectivity index (χ1) is 26.3. The number of piperidine rings is 1. The van der Waals surface area contributed by atoms with Crippen molar-refractivity contribution in [2.75, 3.05) is 37.3 Å². The van der Waals surface area contributed by atoms with Crippen LogP contribution in [-0.2, 0) is 33.8 Å². The lowest BCUT2D eigenvalue weighted by atomic mass is 9.95. The fourth-order valence-corrected chi connectivity index (χ4v) is 5.08. The van der Waals surface area contributed by atoms with Gasteiger partial charge in [0.2, 0.25) is 5.95 Å². The molecule has 4 heterocycles. The monoisotopic (exact) mass is 849 g/mol. The maximum atomic E-state index is 11.2. The topological polar surface area (TPSA) is 218 Å². The lowest BCUT2D eigenvalue weighted by Crippen LogP contribution is -2.40. The van der Waals surface area contributed by atoms with Crippen molar-refractivity contribution < 1.29 is 79.1 Å². The molecule has 2 aromatic heterocycles. The zero-order valence-electron chi connectivity index (χ0n) is 29.2. The quantitative estimate of drug-likeness (QED) is 0.148. The summed E-state index contributed by atoms with van der Waals surface area (Å²) in [6, 6.07) is 8.49. The summed E-state index contributed by atoms with van der Waals surface area (Å²) in [5.74, 6) is -6.77. The highest BCUT2D eigenvalue weighted by Crippen LogP contribution is 2.29. The molecule has 6 N–H and O–H groups in total. The number of aromatic nitrogens is 3. The molecule has 57 heavy (non-hydrogen) atoms. The number of aliphatic carboxylic acids is 3. The smallest absolute Gasteiger partial charge is 0.475 e. The van der Waals surface area contributed by atoms with Crippen molar-refractivity contribution in [3.05, 3.63) is 64.6 Å². The van der Waals surface area contributed by atoms with E-state index in [-0.39, 0.29) is 0 Å². The van der Waals surface area contributed by atoms with Crippen molar-refractivity contribution in [2.24, 2.45) is 5.92 Å². The van der Waals surface area contributed by atoms with Crippen molar-refractivity contribution in [3.8, 4) is 0 Å². The summed E-state index contributed by atoms with van der Waals surface area (Å²) in [5, 5.41) is 37.6. The number of carboxylic acid groups (broad SMARTS) is 4. The Kier molecular flexibility index (Phi) is 17.1. The van der Waals surface area contributed by atoms with Crippen LogP contribution in [0.15, 0.2) is 42.9 Å². The van der Waals surface area contributed by atoms with Crippen LogP contribution in [-0.4, -0.2) is 114 Å². The molecule has 0 radical (unpaired) electrons. The second-order valence-electron chi connectivity index (χ2n) is 12.0. The largest absolute Gasteiger partial charge is 0.490 e. The number of anilines is 4. The number of amides is 1. The Bertz CT molecular complexity index is 1800. The van der Waals surface area contributed by atoms with Gasteiger partial charge in [0.1, 0.15) is 5.02 Å². The number of hydrogen-bond acceptors (Lipinski definition) is 10. The molecule has 1 amide bonds. The van der Waals surface area contributed by atoms with Gasteiger partial charge in [-0.2, -0.15) is 44.5 Å². The van der Waals surface area contributed by atoms with Gasteiger partial charge in [-0.1, -0.05) is 17.7 Å². The van der Waals surface area contributed by atoms with Gasteiger partial charge in [0.05, 0.1) is 18.1 Å². The molecule has 15 nitrogen and oxygen atoms in total. The van der Waals surface area contributed by atoms with Gasteiger partial charge in [-0.3, -0.25) is 4.98 Å². The van der Waals surface area contributed by atoms with E-state index in [0.29, 0.717) is 35.8 Å². The first-order valence-corrected chi connectivity index (χ1v) is 16.3. The third-order valence-corrected chi connectivity index (χ3v) is 7.85. The third kappa shape index (κ3) is 16.9. The van der Waals surface area contributed by atoms with Crippen LogP contribution in [0.2, 0.25) is 5.02 Å². The first-order valence-electron chi connectivity index (χ1n) is 15.9. The number of alkyl halides is 9. The van der Waals surface area contributed by atoms with E-state index in [0.717, 1.165) is 55.7 Å². The van der Waals surface area contributed by atoms with Gasteiger partial charge in [0, 0.05) is 38.1 Å². The van der Waals surface area contributed by atoms with Crippen LogP contribution < -0.4 is 10.6 Å². The molecular formula is C32H33ClF9N7O8. The highest BCUT2D eigenvalue weighted by atomic mass is 35.5. The Morgan fingerprint density at radius 1 is 0.807 bits per heavy atom. The number of rotatable bonds is 4. The van der Waals surface area contributed by atoms with Crippen molar-refractivity contribution in [3.63, 3.8) is 0 Å². The van der Waals surface area contributed by atoms with Crippen LogP contribution in [0.3, 0.4) is 0 Å². The van der Waals surface area contributed by atoms with E-state index in [4.69, 9.17) is 41.3 Å². The number of fused-ring (bicyclic) bond motifs is 6. The average molecular weight is 850 g/mol. The molecule has 1 saturated heterocycles. The first kappa shape index (κ1) is 47.5. The van der Waals surface area contributed by atoms with Crippen molar-refractivity contribution >= 4 is 58.7 Å². The predicted octanol–water partition coefficient (Wildman–Crippen LogP) is 6.83. The Hall–Kier alpha value is -5.65. The zero-order valence-corrected chi connectivity index (χ0v) is 30.0. The van der Waals surface area contributed by atoms with E-state index in [9.17, 15) is 49.4 Å². The van der Waals surface area contributed by atoms with Gasteiger partial charge in [-0.05, 0) is 73.5 Å². The molecule has 1 aromatic carbocycles. The van der Waals surface area contributed by atoms with Crippen LogP contribution >= 0.6 is 11.6 Å². The molecule has 2 aliphatic rings. The molecule has 314 valence electrons. The number of nitrogens with one attached hydrogen (secondary N) is 2. The number of benzene rings is 1. The minimum atomic E-state index is -5.08. The Balaban J connectivity index is 0.000000438. The molecule has 3 aromatic rings. The number of likely N-dealkylation sites (tertiary alicyclic amines) is 1. The Morgan fingerprint density at radius 3 is 1.86 bits per heavy atom. The fourth-order valence-electron chi connectivity index (χ4n) is 4.95. The molecule has 1 fully saturated rings. The summed E-state index contributed by atoms with van der Waals surface area (Å²) >= 11 is 6.38. The van der Waals surface area contributed by atoms with Crippen LogP contribution in [0.5, 0.6) is 0 Å². The number of carbonyl (C=O) groups is 4. The van der Waals surface area contributed by atoms with Gasteiger partial charge in [0.15, 0.2) is 5.82 Å². The van der Waals surface area contributed by atoms with Crippen molar-refractivity contribution in [1.29, 1.82) is 0 Å². The van der Waals surface area contributed by atoms with Gasteiger partial charge in [0.25, 0.3) is 0 Å². The highest BCUT2D eigenvalue weighted by Gasteiger charge is 2.39. The van der Waals surface area contributed by atoms with E-state index < -0.39 is 42.5 Å². The predicted molar refractivity (Wildman–Crippen MR) is 181 cm³/mol. The van der Waals surface area contributed by atoms with Gasteiger partial charge in [-0.25, -0.2) is 24.2 Å². The van der Waals surface area contributed by atoms with E-state index in [1.54, 1.807) is 12.4 Å². The van der Waals surface area contributed by atoms with Crippen molar-refractivity contribution in [2.45, 2.75) is 50.8 Å². The maximum Gasteiger partial charge on any atom is 0.490 e. The number of hydrogen-bond donors (Lipinski definition) is 6. The number of halogens is 10. The number of nitrogens with zero attached hydrogens (tertiary/aromatic N) is 5. The highest BCUT2D eigenvalue weighted by molar-refractivity contribution is 6.32. The summed E-state index contributed by atoms with van der Waals surface area (Å²) in [5.41, 5.74) is 5.43. The fraction of sp³-hybridized carbons (Fsp3) is 0.406. The summed E-state index contributed by atoms with van der Waals surface area (Å²) in [6.45, 7) is 3.01. The van der Waals surface area contributed by atoms with Gasteiger partial charge < -0.3 is 40.9 Å². The normalized spacial score (nSPS) is 14.1. The maximum absolute atomic E-state index is 11.2. The van der Waals surface area contributed by atoms with Crippen molar-refractivity contribution in [1.82, 2.24) is 24.8 Å². The minimum absolute atomic E-state index is 0.446. The van der Waals surface area contributed by atoms with E-state index in [2.05, 4.69) is 61.8 Å². The molecule has 0 saturated carbocycles. The molecule has 0 aliphatic carbocycles.